The highest BCUT2D eigenvalue weighted by Crippen LogP contribution is 2.68. The van der Waals surface area contributed by atoms with E-state index in [-0.39, 0.29) is 21.7 Å². The first-order valence-corrected chi connectivity index (χ1v) is 25.1. The summed E-state index contributed by atoms with van der Waals surface area (Å²) in [5.41, 5.74) is 17.3. The average Bonchev–Trinajstić information content (AvgIpc) is 3.92. The highest BCUT2D eigenvalue weighted by Gasteiger charge is 2.64. The fourth-order valence-corrected chi connectivity index (χ4v) is 11.0. The van der Waals surface area contributed by atoms with Crippen LogP contribution in [0.2, 0.25) is 0 Å². The van der Waals surface area contributed by atoms with Crippen molar-refractivity contribution < 1.29 is 4.74 Å². The SMILES string of the molecule is CC(C)(C)c1cccc(-c2cccc3c2[N@@+]2(c4cc(C(C)(C)C)cc(C(C)(C)C)c4)[CH-][N@+]3(c3cccc(Oc4cc(-c5ccccc5)c5c6ccccc6n(-c6cc(C(C)(C)C)ccn6)c5c4)c3)C2)c1. The van der Waals surface area contributed by atoms with Crippen molar-refractivity contribution in [3.05, 3.63) is 199 Å². The number of rotatable bonds is 7. The van der Waals surface area contributed by atoms with Crippen LogP contribution < -0.4 is 13.7 Å². The number of para-hydroxylation sites is 2. The average molecular weight is 920 g/mol. The molecule has 9 aromatic rings. The standard InChI is InChI=1S/C65H67N4O/c1-62(2,3)45-24-18-23-44(33-45)53-28-20-30-58-61(53)69(50-35-47(64(7,8)9)34-48(36-50)65(10,11)12)41-68(58,42-69)49-25-19-26-51(38-49)70-52-39-55(43-21-14-13-15-22-43)60-54-27-16-17-29-56(54)67(57(60)40-52)59-37-46(31-32-66-59)63(4,5)6/h13-41H,42H2,1-12H3/q+1/t68-,69+/m1/s1. The topological polar surface area (TPSA) is 27.1 Å². The maximum atomic E-state index is 7.16. The number of quaternary nitrogens is 2. The van der Waals surface area contributed by atoms with E-state index in [9.17, 15) is 0 Å². The van der Waals surface area contributed by atoms with Gasteiger partial charge in [0.1, 0.15) is 28.7 Å². The molecule has 3 aliphatic rings. The quantitative estimate of drug-likeness (QED) is 0.118. The molecule has 70 heavy (non-hydrogen) atoms. The van der Waals surface area contributed by atoms with Gasteiger partial charge in [-0.3, -0.25) is 13.5 Å². The Hall–Kier alpha value is -6.79. The van der Waals surface area contributed by atoms with E-state index in [0.717, 1.165) is 46.1 Å². The van der Waals surface area contributed by atoms with E-state index in [0.29, 0.717) is 8.97 Å². The van der Waals surface area contributed by atoms with Crippen molar-refractivity contribution in [1.82, 2.24) is 18.5 Å². The molecule has 0 N–H and O–H groups in total. The van der Waals surface area contributed by atoms with Gasteiger partial charge in [0.05, 0.1) is 17.7 Å². The first kappa shape index (κ1) is 45.6. The van der Waals surface area contributed by atoms with E-state index >= 15 is 0 Å². The Kier molecular flexibility index (Phi) is 10.3. The smallest absolute Gasteiger partial charge is 0.188 e. The van der Waals surface area contributed by atoms with E-state index < -0.39 is 0 Å². The summed E-state index contributed by atoms with van der Waals surface area (Å²) in [5.74, 6) is 2.46. The minimum atomic E-state index is -0.0378. The van der Waals surface area contributed by atoms with Gasteiger partial charge in [-0.05, 0) is 103 Å². The van der Waals surface area contributed by atoms with Gasteiger partial charge in [0.15, 0.2) is 18.0 Å². The lowest BCUT2D eigenvalue weighted by Crippen LogP contribution is -2.67. The van der Waals surface area contributed by atoms with Crippen LogP contribution in [0.3, 0.4) is 0 Å². The van der Waals surface area contributed by atoms with Crippen molar-refractivity contribution in [1.29, 1.82) is 0 Å². The first-order chi connectivity index (χ1) is 33.1. The van der Waals surface area contributed by atoms with Gasteiger partial charge in [0.25, 0.3) is 0 Å². The van der Waals surface area contributed by atoms with Crippen LogP contribution in [0.25, 0.3) is 49.9 Å². The van der Waals surface area contributed by atoms with Gasteiger partial charge in [-0.25, -0.2) is 4.98 Å². The van der Waals surface area contributed by atoms with Crippen molar-refractivity contribution in [3.8, 4) is 39.6 Å². The molecular weight excluding hydrogens is 853 g/mol. The van der Waals surface area contributed by atoms with E-state index in [2.05, 4.69) is 258 Å². The Morgan fingerprint density at radius 1 is 0.471 bits per heavy atom. The molecule has 352 valence electrons. The van der Waals surface area contributed by atoms with Crippen LogP contribution in [0.4, 0.5) is 22.7 Å². The molecule has 7 aromatic carbocycles. The molecular formula is C65H67N4O+. The Labute approximate surface area is 415 Å². The highest BCUT2D eigenvalue weighted by molar-refractivity contribution is 6.16. The molecule has 5 nitrogen and oxygen atoms in total. The summed E-state index contributed by atoms with van der Waals surface area (Å²) in [6.07, 6.45) is 1.95. The Bertz CT molecular complexity index is 3470. The fourth-order valence-electron chi connectivity index (χ4n) is 11.0. The van der Waals surface area contributed by atoms with Crippen molar-refractivity contribution in [2.45, 2.75) is 105 Å². The number of nitrogens with zero attached hydrogens (tertiary/aromatic N) is 4. The number of pyridine rings is 1. The second kappa shape index (κ2) is 15.9. The Morgan fingerprint density at radius 3 is 1.80 bits per heavy atom. The fraction of sp³-hybridized carbons (Fsp3) is 0.262. The molecule has 12 rings (SSSR count). The zero-order chi connectivity index (χ0) is 49.2. The lowest BCUT2D eigenvalue weighted by Gasteiger charge is -2.56. The van der Waals surface area contributed by atoms with E-state index in [1.54, 1.807) is 0 Å². The monoisotopic (exact) mass is 920 g/mol. The number of aromatic nitrogens is 2. The zero-order valence-electron chi connectivity index (χ0n) is 43.1. The molecule has 0 saturated carbocycles. The molecule has 5 heterocycles. The van der Waals surface area contributed by atoms with Crippen LogP contribution in [0, 0.1) is 6.67 Å². The minimum absolute atomic E-state index is 0.0201. The number of ether oxygens (including phenoxy) is 1. The third-order valence-corrected chi connectivity index (χ3v) is 15.0. The molecule has 2 bridgehead atoms. The van der Waals surface area contributed by atoms with E-state index in [1.807, 2.05) is 6.20 Å². The maximum absolute atomic E-state index is 7.16. The number of hydrogen-bond acceptors (Lipinski definition) is 2. The predicted molar refractivity (Wildman–Crippen MR) is 296 cm³/mol. The zero-order valence-corrected chi connectivity index (χ0v) is 43.1. The maximum Gasteiger partial charge on any atom is 0.188 e. The molecule has 0 radical (unpaired) electrons. The van der Waals surface area contributed by atoms with Gasteiger partial charge < -0.3 is 4.74 Å². The van der Waals surface area contributed by atoms with Crippen LogP contribution in [-0.2, 0) is 21.7 Å². The van der Waals surface area contributed by atoms with Crippen molar-refractivity contribution in [2.24, 2.45) is 0 Å². The summed E-state index contributed by atoms with van der Waals surface area (Å²) in [7, 11) is 0. The second-order valence-electron chi connectivity index (χ2n) is 24.1. The Morgan fingerprint density at radius 2 is 1.10 bits per heavy atom. The first-order valence-electron chi connectivity index (χ1n) is 25.1. The summed E-state index contributed by atoms with van der Waals surface area (Å²) >= 11 is 0. The predicted octanol–water partition coefficient (Wildman–Crippen LogP) is 17.9. The third-order valence-electron chi connectivity index (χ3n) is 15.0. The van der Waals surface area contributed by atoms with E-state index in [4.69, 9.17) is 9.72 Å². The molecule has 5 heteroatoms. The molecule has 1 saturated heterocycles. The lowest BCUT2D eigenvalue weighted by atomic mass is 9.80. The molecule has 2 atom stereocenters. The summed E-state index contributed by atoms with van der Waals surface area (Å²) in [6.45, 7) is 31.1. The van der Waals surface area contributed by atoms with Crippen LogP contribution >= 0.6 is 0 Å². The molecule has 0 aliphatic carbocycles. The van der Waals surface area contributed by atoms with Gasteiger partial charge >= 0.3 is 0 Å². The molecule has 0 spiro atoms. The van der Waals surface area contributed by atoms with E-state index in [1.165, 1.54) is 66.9 Å². The third kappa shape index (κ3) is 7.48. The summed E-state index contributed by atoms with van der Waals surface area (Å²) < 4.78 is 10.7. The normalized spacial score (nSPS) is 18.0. The summed E-state index contributed by atoms with van der Waals surface area (Å²) in [6, 6.07) is 60.7. The molecule has 2 aromatic heterocycles. The number of fused-ring (bicyclic) bond motifs is 3. The van der Waals surface area contributed by atoms with Crippen LogP contribution in [0.1, 0.15) is 105 Å². The molecule has 0 amide bonds. The van der Waals surface area contributed by atoms with Gasteiger partial charge in [-0.15, -0.1) is 0 Å². The van der Waals surface area contributed by atoms with Gasteiger partial charge in [0.2, 0.25) is 0 Å². The number of benzene rings is 7. The lowest BCUT2D eigenvalue weighted by molar-refractivity contribution is 0.187. The largest absolute Gasteiger partial charge is 0.457 e. The van der Waals surface area contributed by atoms with Crippen molar-refractivity contribution >= 4 is 44.6 Å². The Balaban J connectivity index is 1.08. The molecule has 3 aliphatic heterocycles. The van der Waals surface area contributed by atoms with Crippen molar-refractivity contribution in [2.75, 3.05) is 6.67 Å². The van der Waals surface area contributed by atoms with Crippen LogP contribution in [0.5, 0.6) is 11.5 Å². The van der Waals surface area contributed by atoms with Gasteiger partial charge in [-0.1, -0.05) is 174 Å². The van der Waals surface area contributed by atoms with Gasteiger partial charge in [-0.2, -0.15) is 0 Å². The second-order valence-corrected chi connectivity index (χ2v) is 24.1. The van der Waals surface area contributed by atoms with Gasteiger partial charge in [0, 0.05) is 52.9 Å². The molecule has 0 unspecified atom stereocenters. The number of hydrogen-bond donors (Lipinski definition) is 0. The van der Waals surface area contributed by atoms with Crippen LogP contribution in [0.15, 0.2) is 170 Å². The summed E-state index contributed by atoms with van der Waals surface area (Å²) in [4.78, 5) is 5.01. The summed E-state index contributed by atoms with van der Waals surface area (Å²) in [5, 5.41) is 2.36. The molecule has 1 fully saturated rings. The van der Waals surface area contributed by atoms with Crippen LogP contribution in [-0.4, -0.2) is 16.2 Å². The van der Waals surface area contributed by atoms with Crippen molar-refractivity contribution in [3.63, 3.8) is 0 Å². The minimum Gasteiger partial charge on any atom is -0.457 e. The highest BCUT2D eigenvalue weighted by atomic mass is 16.5.